The van der Waals surface area contributed by atoms with Gasteiger partial charge in [0.1, 0.15) is 11.9 Å². The third kappa shape index (κ3) is 2.60. The minimum Gasteiger partial charge on any atom is -0.496 e. The number of thiophene rings is 1. The Balaban J connectivity index is 2.42. The molecule has 2 rings (SSSR count). The maximum Gasteiger partial charge on any atom is 0.122 e. The molecule has 0 aliphatic rings. The summed E-state index contributed by atoms with van der Waals surface area (Å²) in [6, 6.07) is 5.91. The smallest absolute Gasteiger partial charge is 0.122 e. The van der Waals surface area contributed by atoms with Crippen LogP contribution in [0.25, 0.3) is 0 Å². The summed E-state index contributed by atoms with van der Waals surface area (Å²) in [4.78, 5) is 0.939. The van der Waals surface area contributed by atoms with E-state index in [9.17, 15) is 5.11 Å². The number of benzene rings is 1. The molecule has 1 heterocycles. The first-order chi connectivity index (χ1) is 8.52. The van der Waals surface area contributed by atoms with Gasteiger partial charge in [0, 0.05) is 14.7 Å². The first kappa shape index (κ1) is 13.6. The van der Waals surface area contributed by atoms with Gasteiger partial charge in [0.2, 0.25) is 0 Å². The SMILES string of the molecule is COc1cc(C)c(C(O)c2cc(Br)cs2)cc1C. The number of methoxy groups -OCH3 is 1. The van der Waals surface area contributed by atoms with E-state index in [1.54, 1.807) is 18.4 Å². The molecule has 0 radical (unpaired) electrons. The van der Waals surface area contributed by atoms with E-state index in [0.29, 0.717) is 0 Å². The highest BCUT2D eigenvalue weighted by Crippen LogP contribution is 2.34. The third-order valence-electron chi connectivity index (χ3n) is 2.94. The second-order valence-corrected chi connectivity index (χ2v) is 6.11. The summed E-state index contributed by atoms with van der Waals surface area (Å²) in [6.45, 7) is 3.97. The van der Waals surface area contributed by atoms with Gasteiger partial charge in [0.25, 0.3) is 0 Å². The Morgan fingerprint density at radius 3 is 2.50 bits per heavy atom. The average Bonchev–Trinajstić information content (AvgIpc) is 2.77. The lowest BCUT2D eigenvalue weighted by Gasteiger charge is -2.15. The van der Waals surface area contributed by atoms with Gasteiger partial charge in [0.15, 0.2) is 0 Å². The van der Waals surface area contributed by atoms with Crippen LogP contribution >= 0.6 is 27.3 Å². The van der Waals surface area contributed by atoms with Crippen LogP contribution in [-0.4, -0.2) is 12.2 Å². The lowest BCUT2D eigenvalue weighted by atomic mass is 9.99. The molecule has 0 saturated heterocycles. The largest absolute Gasteiger partial charge is 0.496 e. The standard InChI is InChI=1S/C14H15BrO2S/c1-8-5-12(17-3)9(2)4-11(8)14(16)13-6-10(15)7-18-13/h4-7,14,16H,1-3H3. The summed E-state index contributed by atoms with van der Waals surface area (Å²) in [5.41, 5.74) is 3.00. The van der Waals surface area contributed by atoms with Crippen molar-refractivity contribution in [2.75, 3.05) is 7.11 Å². The van der Waals surface area contributed by atoms with Gasteiger partial charge in [0.05, 0.1) is 7.11 Å². The van der Waals surface area contributed by atoms with Crippen molar-refractivity contribution in [1.82, 2.24) is 0 Å². The van der Waals surface area contributed by atoms with Crippen LogP contribution in [0.2, 0.25) is 0 Å². The summed E-state index contributed by atoms with van der Waals surface area (Å²) in [6.07, 6.45) is -0.578. The topological polar surface area (TPSA) is 29.5 Å². The van der Waals surface area contributed by atoms with E-state index in [0.717, 1.165) is 31.8 Å². The predicted molar refractivity (Wildman–Crippen MR) is 78.5 cm³/mol. The summed E-state index contributed by atoms with van der Waals surface area (Å²) in [7, 11) is 1.66. The van der Waals surface area contributed by atoms with E-state index in [1.807, 2.05) is 37.4 Å². The Kier molecular flexibility index (Phi) is 4.10. The van der Waals surface area contributed by atoms with Crippen molar-refractivity contribution in [2.45, 2.75) is 20.0 Å². The number of aliphatic hydroxyl groups excluding tert-OH is 1. The minimum atomic E-state index is -0.578. The van der Waals surface area contributed by atoms with Gasteiger partial charge in [-0.1, -0.05) is 0 Å². The number of hydrogen-bond acceptors (Lipinski definition) is 3. The lowest BCUT2D eigenvalue weighted by molar-refractivity contribution is 0.223. The molecule has 1 aromatic carbocycles. The van der Waals surface area contributed by atoms with Crippen molar-refractivity contribution in [3.05, 3.63) is 49.6 Å². The number of aliphatic hydroxyl groups is 1. The third-order valence-corrected chi connectivity index (χ3v) is 4.68. The molecule has 1 aromatic heterocycles. The van der Waals surface area contributed by atoms with E-state index in [2.05, 4.69) is 15.9 Å². The zero-order valence-electron chi connectivity index (χ0n) is 10.5. The summed E-state index contributed by atoms with van der Waals surface area (Å²) in [5, 5.41) is 12.4. The zero-order chi connectivity index (χ0) is 13.3. The molecule has 0 aliphatic carbocycles. The number of hydrogen-bond donors (Lipinski definition) is 1. The highest BCUT2D eigenvalue weighted by atomic mass is 79.9. The monoisotopic (exact) mass is 326 g/mol. The fourth-order valence-corrected chi connectivity index (χ4v) is 3.40. The Bertz CT molecular complexity index is 563. The van der Waals surface area contributed by atoms with Crippen LogP contribution in [0.1, 0.15) is 27.7 Å². The summed E-state index contributed by atoms with van der Waals surface area (Å²) >= 11 is 4.96. The van der Waals surface area contributed by atoms with Gasteiger partial charge in [-0.3, -0.25) is 0 Å². The zero-order valence-corrected chi connectivity index (χ0v) is 12.9. The predicted octanol–water partition coefficient (Wildman–Crippen LogP) is 4.22. The molecule has 1 N–H and O–H groups in total. The van der Waals surface area contributed by atoms with Crippen LogP contribution in [0.5, 0.6) is 5.75 Å². The van der Waals surface area contributed by atoms with Crippen LogP contribution in [0.3, 0.4) is 0 Å². The van der Waals surface area contributed by atoms with Crippen molar-refractivity contribution >= 4 is 27.3 Å². The first-order valence-corrected chi connectivity index (χ1v) is 7.27. The van der Waals surface area contributed by atoms with Crippen molar-refractivity contribution < 1.29 is 9.84 Å². The molecule has 0 saturated carbocycles. The molecule has 2 aromatic rings. The molecule has 0 amide bonds. The number of halogens is 1. The van der Waals surface area contributed by atoms with E-state index in [1.165, 1.54) is 0 Å². The second-order valence-electron chi connectivity index (χ2n) is 4.25. The number of ether oxygens (including phenoxy) is 1. The first-order valence-electron chi connectivity index (χ1n) is 5.60. The molecule has 4 heteroatoms. The van der Waals surface area contributed by atoms with Gasteiger partial charge < -0.3 is 9.84 Å². The van der Waals surface area contributed by atoms with Gasteiger partial charge in [-0.05, 0) is 64.7 Å². The van der Waals surface area contributed by atoms with Gasteiger partial charge in [-0.2, -0.15) is 0 Å². The Morgan fingerprint density at radius 1 is 1.22 bits per heavy atom. The van der Waals surface area contributed by atoms with Crippen LogP contribution < -0.4 is 4.74 Å². The quantitative estimate of drug-likeness (QED) is 0.915. The van der Waals surface area contributed by atoms with Crippen molar-refractivity contribution in [2.24, 2.45) is 0 Å². The lowest BCUT2D eigenvalue weighted by Crippen LogP contribution is -2.01. The maximum atomic E-state index is 10.4. The molecule has 0 fully saturated rings. The van der Waals surface area contributed by atoms with E-state index in [-0.39, 0.29) is 0 Å². The van der Waals surface area contributed by atoms with Crippen molar-refractivity contribution in [3.63, 3.8) is 0 Å². The van der Waals surface area contributed by atoms with Crippen molar-refractivity contribution in [1.29, 1.82) is 0 Å². The molecule has 2 nitrogen and oxygen atoms in total. The molecule has 0 spiro atoms. The molecule has 0 aliphatic heterocycles. The molecular weight excluding hydrogens is 312 g/mol. The molecule has 18 heavy (non-hydrogen) atoms. The highest BCUT2D eigenvalue weighted by molar-refractivity contribution is 9.10. The van der Waals surface area contributed by atoms with Gasteiger partial charge in [-0.25, -0.2) is 0 Å². The van der Waals surface area contributed by atoms with Crippen LogP contribution in [0, 0.1) is 13.8 Å². The van der Waals surface area contributed by atoms with E-state index in [4.69, 9.17) is 4.74 Å². The fraction of sp³-hybridized carbons (Fsp3) is 0.286. The van der Waals surface area contributed by atoms with Gasteiger partial charge >= 0.3 is 0 Å². The van der Waals surface area contributed by atoms with Crippen LogP contribution in [0.4, 0.5) is 0 Å². The van der Waals surface area contributed by atoms with Crippen molar-refractivity contribution in [3.8, 4) is 5.75 Å². The van der Waals surface area contributed by atoms with E-state index >= 15 is 0 Å². The second kappa shape index (κ2) is 5.43. The van der Waals surface area contributed by atoms with E-state index < -0.39 is 6.10 Å². The number of aryl methyl sites for hydroxylation is 2. The fourth-order valence-electron chi connectivity index (χ4n) is 1.95. The number of rotatable bonds is 3. The normalized spacial score (nSPS) is 12.5. The molecule has 96 valence electrons. The molecule has 0 bridgehead atoms. The van der Waals surface area contributed by atoms with Crippen LogP contribution in [0.15, 0.2) is 28.1 Å². The van der Waals surface area contributed by atoms with Crippen LogP contribution in [-0.2, 0) is 0 Å². The molecular formula is C14H15BrO2S. The Labute approximate surface area is 119 Å². The summed E-state index contributed by atoms with van der Waals surface area (Å²) < 4.78 is 6.29. The minimum absolute atomic E-state index is 0.578. The molecule has 1 unspecified atom stereocenters. The van der Waals surface area contributed by atoms with Gasteiger partial charge in [-0.15, -0.1) is 11.3 Å². The summed E-state index contributed by atoms with van der Waals surface area (Å²) in [5.74, 6) is 0.857. The Hall–Kier alpha value is -0.840. The highest BCUT2D eigenvalue weighted by Gasteiger charge is 2.16. The average molecular weight is 327 g/mol. The Morgan fingerprint density at radius 2 is 1.94 bits per heavy atom. The maximum absolute atomic E-state index is 10.4. The molecule has 1 atom stereocenters.